The molecule has 1 heterocycles. The van der Waals surface area contributed by atoms with Crippen LogP contribution in [0.1, 0.15) is 10.4 Å². The number of hydrogen-bond acceptors (Lipinski definition) is 3. The first-order chi connectivity index (χ1) is 6.38. The smallest absolute Gasteiger partial charge is 0.205 e. The highest BCUT2D eigenvalue weighted by molar-refractivity contribution is 6.00. The molecule has 0 radical (unpaired) electrons. The van der Waals surface area contributed by atoms with E-state index in [9.17, 15) is 4.79 Å². The zero-order valence-corrected chi connectivity index (χ0v) is 7.01. The van der Waals surface area contributed by atoms with Crippen LogP contribution in [-0.2, 0) is 4.74 Å². The second kappa shape index (κ2) is 3.39. The molecular weight excluding hydrogens is 166 g/mol. The molecule has 0 N–H and O–H groups in total. The minimum absolute atomic E-state index is 0.00176. The van der Waals surface area contributed by atoms with Gasteiger partial charge in [-0.05, 0) is 0 Å². The van der Waals surface area contributed by atoms with Gasteiger partial charge in [0.15, 0.2) is 12.5 Å². The average Bonchev–Trinajstić information content (AvgIpc) is 2.71. The molecule has 0 saturated heterocycles. The summed E-state index contributed by atoms with van der Waals surface area (Å²) in [5.41, 5.74) is 0.679. The lowest BCUT2D eigenvalue weighted by Gasteiger charge is -2.06. The van der Waals surface area contributed by atoms with E-state index in [1.165, 1.54) is 6.40 Å². The molecule has 3 nitrogen and oxygen atoms in total. The van der Waals surface area contributed by atoms with Crippen molar-refractivity contribution in [2.24, 2.45) is 4.99 Å². The topological polar surface area (TPSA) is 38.7 Å². The molecule has 1 atom stereocenters. The molecule has 0 spiro atoms. The van der Waals surface area contributed by atoms with Crippen LogP contribution in [0.25, 0.3) is 0 Å². The van der Waals surface area contributed by atoms with Crippen molar-refractivity contribution in [2.45, 2.75) is 6.10 Å². The fourth-order valence-electron chi connectivity index (χ4n) is 1.23. The number of benzene rings is 1. The van der Waals surface area contributed by atoms with Crippen molar-refractivity contribution in [3.05, 3.63) is 35.9 Å². The molecule has 0 amide bonds. The fourth-order valence-corrected chi connectivity index (χ4v) is 1.23. The van der Waals surface area contributed by atoms with Crippen molar-refractivity contribution in [1.82, 2.24) is 0 Å². The molecule has 1 aliphatic rings. The Hall–Kier alpha value is -1.64. The number of rotatable bonds is 2. The van der Waals surface area contributed by atoms with E-state index in [1.807, 2.05) is 18.2 Å². The lowest BCUT2D eigenvalue weighted by Crippen LogP contribution is -2.23. The third-order valence-electron chi connectivity index (χ3n) is 1.92. The summed E-state index contributed by atoms with van der Waals surface area (Å²) in [5, 5.41) is 0. The van der Waals surface area contributed by atoms with Gasteiger partial charge in [0.1, 0.15) is 0 Å². The molecular formula is C10H9NO2. The number of hydrogen-bond donors (Lipinski definition) is 0. The maximum atomic E-state index is 11.6. The minimum Gasteiger partial charge on any atom is -0.470 e. The van der Waals surface area contributed by atoms with Gasteiger partial charge in [0.2, 0.25) is 5.78 Å². The van der Waals surface area contributed by atoms with Crippen LogP contribution in [0.3, 0.4) is 0 Å². The second-order valence-corrected chi connectivity index (χ2v) is 2.83. The number of carbonyl (C=O) groups is 1. The van der Waals surface area contributed by atoms with E-state index in [0.29, 0.717) is 12.1 Å². The summed E-state index contributed by atoms with van der Waals surface area (Å²) >= 11 is 0. The zero-order chi connectivity index (χ0) is 9.10. The Morgan fingerprint density at radius 2 is 2.15 bits per heavy atom. The molecule has 0 aromatic heterocycles. The van der Waals surface area contributed by atoms with Crippen molar-refractivity contribution in [3.63, 3.8) is 0 Å². The van der Waals surface area contributed by atoms with Gasteiger partial charge in [-0.15, -0.1) is 0 Å². The van der Waals surface area contributed by atoms with Gasteiger partial charge in [-0.1, -0.05) is 30.3 Å². The summed E-state index contributed by atoms with van der Waals surface area (Å²) < 4.78 is 5.03. The van der Waals surface area contributed by atoms with Crippen LogP contribution in [-0.4, -0.2) is 24.8 Å². The third-order valence-corrected chi connectivity index (χ3v) is 1.92. The Bertz CT molecular complexity index is 324. The Balaban J connectivity index is 2.14. The number of ether oxygens (including phenoxy) is 1. The third kappa shape index (κ3) is 1.59. The van der Waals surface area contributed by atoms with E-state index < -0.39 is 6.10 Å². The van der Waals surface area contributed by atoms with Crippen LogP contribution >= 0.6 is 0 Å². The lowest BCUT2D eigenvalue weighted by molar-refractivity contribution is 0.0824. The largest absolute Gasteiger partial charge is 0.470 e. The first-order valence-corrected chi connectivity index (χ1v) is 4.11. The standard InChI is InChI=1S/C10H9NO2/c12-10(9-6-11-7-13-9)8-4-2-1-3-5-8/h1-5,7,9H,6H2. The summed E-state index contributed by atoms with van der Waals surface area (Å²) in [6.45, 7) is 0.438. The van der Waals surface area contributed by atoms with Gasteiger partial charge < -0.3 is 4.74 Å². The maximum Gasteiger partial charge on any atom is 0.205 e. The van der Waals surface area contributed by atoms with Crippen molar-refractivity contribution in [3.8, 4) is 0 Å². The van der Waals surface area contributed by atoms with Crippen molar-refractivity contribution in [2.75, 3.05) is 6.54 Å². The molecule has 13 heavy (non-hydrogen) atoms. The molecule has 1 aliphatic heterocycles. The Morgan fingerprint density at radius 1 is 1.38 bits per heavy atom. The maximum absolute atomic E-state index is 11.6. The monoisotopic (exact) mass is 175 g/mol. The summed E-state index contributed by atoms with van der Waals surface area (Å²) in [6, 6.07) is 9.11. The normalized spacial score (nSPS) is 19.8. The zero-order valence-electron chi connectivity index (χ0n) is 7.01. The minimum atomic E-state index is -0.414. The molecule has 1 unspecified atom stereocenters. The fraction of sp³-hybridized carbons (Fsp3) is 0.200. The summed E-state index contributed by atoms with van der Waals surface area (Å²) in [7, 11) is 0. The van der Waals surface area contributed by atoms with E-state index in [0.717, 1.165) is 0 Å². The predicted octanol–water partition coefficient (Wildman–Crippen LogP) is 1.30. The summed E-state index contributed by atoms with van der Waals surface area (Å²) in [4.78, 5) is 15.5. The van der Waals surface area contributed by atoms with Gasteiger partial charge >= 0.3 is 0 Å². The number of ketones is 1. The first-order valence-electron chi connectivity index (χ1n) is 4.11. The van der Waals surface area contributed by atoms with Gasteiger partial charge in [-0.3, -0.25) is 9.79 Å². The van der Waals surface area contributed by atoms with Crippen molar-refractivity contribution < 1.29 is 9.53 Å². The van der Waals surface area contributed by atoms with E-state index >= 15 is 0 Å². The predicted molar refractivity (Wildman–Crippen MR) is 49.0 cm³/mol. The van der Waals surface area contributed by atoms with Gasteiger partial charge in [0, 0.05) is 5.56 Å². The number of Topliss-reactive ketones (excluding diaryl/α,β-unsaturated/α-hetero) is 1. The SMILES string of the molecule is O=C(c1ccccc1)C1CN=CO1. The molecule has 66 valence electrons. The Kier molecular flexibility index (Phi) is 2.08. The van der Waals surface area contributed by atoms with Crippen LogP contribution in [0.2, 0.25) is 0 Å². The highest BCUT2D eigenvalue weighted by Crippen LogP contribution is 2.08. The van der Waals surface area contributed by atoms with E-state index in [-0.39, 0.29) is 5.78 Å². The number of aliphatic imine (C=N–C) groups is 1. The highest BCUT2D eigenvalue weighted by Gasteiger charge is 2.22. The van der Waals surface area contributed by atoms with Crippen molar-refractivity contribution >= 4 is 12.2 Å². The Morgan fingerprint density at radius 3 is 2.77 bits per heavy atom. The van der Waals surface area contributed by atoms with Gasteiger partial charge in [0.05, 0.1) is 6.54 Å². The molecule has 1 aromatic carbocycles. The Labute approximate surface area is 76.1 Å². The molecule has 2 rings (SSSR count). The summed E-state index contributed by atoms with van der Waals surface area (Å²) in [5.74, 6) is -0.00176. The molecule has 0 fully saturated rings. The molecule has 0 bridgehead atoms. The van der Waals surface area contributed by atoms with E-state index in [4.69, 9.17) is 4.74 Å². The average molecular weight is 175 g/mol. The second-order valence-electron chi connectivity index (χ2n) is 2.83. The first kappa shape index (κ1) is 7.98. The molecule has 0 saturated carbocycles. The van der Waals surface area contributed by atoms with Crippen LogP contribution < -0.4 is 0 Å². The van der Waals surface area contributed by atoms with Gasteiger partial charge in [0.25, 0.3) is 0 Å². The van der Waals surface area contributed by atoms with Crippen LogP contribution in [0.4, 0.5) is 0 Å². The van der Waals surface area contributed by atoms with Gasteiger partial charge in [-0.25, -0.2) is 0 Å². The van der Waals surface area contributed by atoms with E-state index in [2.05, 4.69) is 4.99 Å². The quantitative estimate of drug-likeness (QED) is 0.635. The highest BCUT2D eigenvalue weighted by atomic mass is 16.5. The summed E-state index contributed by atoms with van der Waals surface area (Å²) in [6.07, 6.45) is 0.924. The number of carbonyl (C=O) groups excluding carboxylic acids is 1. The van der Waals surface area contributed by atoms with Gasteiger partial charge in [-0.2, -0.15) is 0 Å². The molecule has 0 aliphatic carbocycles. The molecule has 3 heteroatoms. The van der Waals surface area contributed by atoms with Crippen LogP contribution in [0, 0.1) is 0 Å². The van der Waals surface area contributed by atoms with E-state index in [1.54, 1.807) is 12.1 Å². The number of nitrogens with zero attached hydrogens (tertiary/aromatic N) is 1. The van der Waals surface area contributed by atoms with Crippen molar-refractivity contribution in [1.29, 1.82) is 0 Å². The lowest BCUT2D eigenvalue weighted by atomic mass is 10.1. The van der Waals surface area contributed by atoms with Crippen LogP contribution in [0.5, 0.6) is 0 Å². The molecule has 1 aromatic rings. The van der Waals surface area contributed by atoms with Crippen LogP contribution in [0.15, 0.2) is 35.3 Å².